The molecule has 0 aromatic heterocycles. The number of halogens is 2. The Morgan fingerprint density at radius 3 is 2.29 bits per heavy atom. The van der Waals surface area contributed by atoms with Gasteiger partial charge < -0.3 is 4.74 Å². The minimum absolute atomic E-state index is 0.0205. The maximum absolute atomic E-state index is 13.1. The van der Waals surface area contributed by atoms with Gasteiger partial charge in [0, 0.05) is 13.2 Å². The van der Waals surface area contributed by atoms with Crippen LogP contribution in [0.25, 0.3) is 0 Å². The highest BCUT2D eigenvalue weighted by Crippen LogP contribution is 2.19. The highest BCUT2D eigenvalue weighted by atomic mass is 32.2. The average molecular weight is 313 g/mol. The van der Waals surface area contributed by atoms with E-state index in [-0.39, 0.29) is 10.6 Å². The zero-order valence-electron chi connectivity index (χ0n) is 11.1. The first-order chi connectivity index (χ1) is 9.92. The van der Waals surface area contributed by atoms with Crippen LogP contribution < -0.4 is 4.72 Å². The Kier molecular flexibility index (Phi) is 4.54. The molecule has 0 saturated carbocycles. The predicted octanol–water partition coefficient (Wildman–Crippen LogP) is 2.91. The maximum atomic E-state index is 13.1. The van der Waals surface area contributed by atoms with Crippen molar-refractivity contribution in [3.05, 3.63) is 59.7 Å². The maximum Gasteiger partial charge on any atom is 0.261 e. The van der Waals surface area contributed by atoms with Gasteiger partial charge in [-0.2, -0.15) is 0 Å². The molecule has 1 N–H and O–H groups in total. The molecule has 2 aromatic carbocycles. The van der Waals surface area contributed by atoms with Crippen LogP contribution in [0.1, 0.15) is 5.56 Å². The zero-order valence-corrected chi connectivity index (χ0v) is 12.0. The van der Waals surface area contributed by atoms with Crippen LogP contribution in [-0.4, -0.2) is 15.5 Å². The van der Waals surface area contributed by atoms with Crippen LogP contribution in [0.15, 0.2) is 47.4 Å². The first-order valence-corrected chi connectivity index (χ1v) is 7.46. The number of sulfonamides is 1. The van der Waals surface area contributed by atoms with E-state index in [1.165, 1.54) is 19.2 Å². The van der Waals surface area contributed by atoms with Gasteiger partial charge in [0.2, 0.25) is 0 Å². The summed E-state index contributed by atoms with van der Waals surface area (Å²) in [4.78, 5) is 0.0205. The number of ether oxygens (including phenoxy) is 1. The second kappa shape index (κ2) is 6.19. The Morgan fingerprint density at radius 1 is 1.05 bits per heavy atom. The molecule has 0 amide bonds. The van der Waals surface area contributed by atoms with Crippen LogP contribution in [-0.2, 0) is 21.4 Å². The fourth-order valence-electron chi connectivity index (χ4n) is 1.71. The van der Waals surface area contributed by atoms with Crippen molar-refractivity contribution >= 4 is 15.7 Å². The number of rotatable bonds is 5. The van der Waals surface area contributed by atoms with Gasteiger partial charge in [-0.3, -0.25) is 4.72 Å². The van der Waals surface area contributed by atoms with Gasteiger partial charge in [0.25, 0.3) is 10.0 Å². The fraction of sp³-hybridized carbons (Fsp3) is 0.143. The lowest BCUT2D eigenvalue weighted by Crippen LogP contribution is -2.13. The molecule has 2 aromatic rings. The molecule has 4 nitrogen and oxygen atoms in total. The van der Waals surface area contributed by atoms with Crippen LogP contribution in [0.2, 0.25) is 0 Å². The lowest BCUT2D eigenvalue weighted by Gasteiger charge is -2.09. The van der Waals surface area contributed by atoms with Gasteiger partial charge in [0.1, 0.15) is 0 Å². The van der Waals surface area contributed by atoms with E-state index in [2.05, 4.69) is 4.72 Å². The highest BCUT2D eigenvalue weighted by Gasteiger charge is 2.15. The van der Waals surface area contributed by atoms with Crippen molar-refractivity contribution in [1.29, 1.82) is 0 Å². The summed E-state index contributed by atoms with van der Waals surface area (Å²) in [5.41, 5.74) is 0.777. The predicted molar refractivity (Wildman–Crippen MR) is 74.3 cm³/mol. The van der Waals surface area contributed by atoms with Crippen LogP contribution in [0.5, 0.6) is 0 Å². The molecule has 0 unspecified atom stereocenters. The quantitative estimate of drug-likeness (QED) is 0.923. The largest absolute Gasteiger partial charge is 0.380 e. The Balaban J connectivity index is 2.23. The smallest absolute Gasteiger partial charge is 0.261 e. The van der Waals surface area contributed by atoms with Crippen molar-refractivity contribution in [1.82, 2.24) is 0 Å². The Bertz CT molecular complexity index is 730. The van der Waals surface area contributed by atoms with E-state index in [1.807, 2.05) is 0 Å². The molecule has 0 aliphatic rings. The van der Waals surface area contributed by atoms with E-state index in [0.717, 1.165) is 23.8 Å². The first kappa shape index (κ1) is 15.4. The van der Waals surface area contributed by atoms with Crippen molar-refractivity contribution in [2.45, 2.75) is 11.5 Å². The molecule has 2 rings (SSSR count). The summed E-state index contributed by atoms with van der Waals surface area (Å²) in [6.45, 7) is 0.372. The zero-order chi connectivity index (χ0) is 15.5. The molecule has 0 spiro atoms. The van der Waals surface area contributed by atoms with Crippen molar-refractivity contribution in [3.8, 4) is 0 Å². The van der Waals surface area contributed by atoms with E-state index in [4.69, 9.17) is 4.74 Å². The molecule has 0 bridgehead atoms. The van der Waals surface area contributed by atoms with Gasteiger partial charge >= 0.3 is 0 Å². The van der Waals surface area contributed by atoms with Gasteiger partial charge in [0.15, 0.2) is 11.6 Å². The minimum atomic E-state index is -3.85. The molecule has 0 radical (unpaired) electrons. The number of nitrogens with one attached hydrogen (secondary N) is 1. The molecule has 0 saturated heterocycles. The molecule has 0 atom stereocenters. The number of hydrogen-bond donors (Lipinski definition) is 1. The van der Waals surface area contributed by atoms with E-state index in [9.17, 15) is 17.2 Å². The van der Waals surface area contributed by atoms with Crippen molar-refractivity contribution < 1.29 is 21.9 Å². The minimum Gasteiger partial charge on any atom is -0.380 e. The van der Waals surface area contributed by atoms with E-state index < -0.39 is 21.7 Å². The number of methoxy groups -OCH3 is 1. The summed E-state index contributed by atoms with van der Waals surface area (Å²) in [7, 11) is -2.32. The molecule has 0 aliphatic heterocycles. The van der Waals surface area contributed by atoms with Crippen LogP contribution in [0.3, 0.4) is 0 Å². The first-order valence-electron chi connectivity index (χ1n) is 5.98. The molecule has 7 heteroatoms. The summed E-state index contributed by atoms with van der Waals surface area (Å²) in [5, 5.41) is 0. The Morgan fingerprint density at radius 2 is 1.71 bits per heavy atom. The summed E-state index contributed by atoms with van der Waals surface area (Å²) >= 11 is 0. The second-order valence-corrected chi connectivity index (χ2v) is 5.99. The number of anilines is 1. The van der Waals surface area contributed by atoms with Gasteiger partial charge in [-0.1, -0.05) is 12.1 Å². The molecular weight excluding hydrogens is 300 g/mol. The number of hydrogen-bond acceptors (Lipinski definition) is 3. The SMILES string of the molecule is COCc1ccc(S(=O)(=O)Nc2ccc(F)c(F)c2)cc1. The van der Waals surface area contributed by atoms with Crippen LogP contribution >= 0.6 is 0 Å². The van der Waals surface area contributed by atoms with Gasteiger partial charge in [0.05, 0.1) is 17.2 Å². The molecule has 112 valence electrons. The normalized spacial score (nSPS) is 11.4. The molecule has 21 heavy (non-hydrogen) atoms. The van der Waals surface area contributed by atoms with E-state index >= 15 is 0 Å². The third kappa shape index (κ3) is 3.77. The van der Waals surface area contributed by atoms with Crippen molar-refractivity contribution in [2.75, 3.05) is 11.8 Å². The molecule has 0 aliphatic carbocycles. The van der Waals surface area contributed by atoms with Gasteiger partial charge in [-0.15, -0.1) is 0 Å². The van der Waals surface area contributed by atoms with Crippen molar-refractivity contribution in [2.24, 2.45) is 0 Å². The third-order valence-corrected chi connectivity index (χ3v) is 4.11. The summed E-state index contributed by atoms with van der Waals surface area (Å²) < 4.78 is 57.2. The Hall–Kier alpha value is -1.99. The monoisotopic (exact) mass is 313 g/mol. The van der Waals surface area contributed by atoms with Crippen LogP contribution in [0, 0.1) is 11.6 Å². The van der Waals surface area contributed by atoms with Gasteiger partial charge in [-0.05, 0) is 29.8 Å². The molecule has 0 fully saturated rings. The molecular formula is C14H13F2NO3S. The molecule has 0 heterocycles. The standard InChI is InChI=1S/C14H13F2NO3S/c1-20-9-10-2-5-12(6-3-10)21(18,19)17-11-4-7-13(15)14(16)8-11/h2-8,17H,9H2,1H3. The lowest BCUT2D eigenvalue weighted by molar-refractivity contribution is 0.185. The highest BCUT2D eigenvalue weighted by molar-refractivity contribution is 7.92. The van der Waals surface area contributed by atoms with E-state index in [1.54, 1.807) is 12.1 Å². The van der Waals surface area contributed by atoms with Gasteiger partial charge in [-0.25, -0.2) is 17.2 Å². The van der Waals surface area contributed by atoms with Crippen LogP contribution in [0.4, 0.5) is 14.5 Å². The Labute approximate surface area is 121 Å². The average Bonchev–Trinajstić information content (AvgIpc) is 2.44. The fourth-order valence-corrected chi connectivity index (χ4v) is 2.75. The van der Waals surface area contributed by atoms with Crippen molar-refractivity contribution in [3.63, 3.8) is 0 Å². The lowest BCUT2D eigenvalue weighted by atomic mass is 10.2. The summed E-state index contributed by atoms with van der Waals surface area (Å²) in [6.07, 6.45) is 0. The summed E-state index contributed by atoms with van der Waals surface area (Å²) in [5.74, 6) is -2.16. The second-order valence-electron chi connectivity index (χ2n) is 4.31. The third-order valence-electron chi connectivity index (χ3n) is 2.72. The number of benzene rings is 2. The topological polar surface area (TPSA) is 55.4 Å². The summed E-state index contributed by atoms with van der Waals surface area (Å²) in [6, 6.07) is 8.84. The van der Waals surface area contributed by atoms with E-state index in [0.29, 0.717) is 6.61 Å².